The van der Waals surface area contributed by atoms with Gasteiger partial charge in [0, 0.05) is 16.0 Å². The first-order chi connectivity index (χ1) is 10.8. The normalized spacial score (nSPS) is 23.5. The molecule has 1 saturated carbocycles. The summed E-state index contributed by atoms with van der Waals surface area (Å²) >= 11 is 11.7. The third-order valence-electron chi connectivity index (χ3n) is 3.97. The van der Waals surface area contributed by atoms with Crippen molar-refractivity contribution in [2.45, 2.75) is 16.1 Å². The molecule has 0 spiro atoms. The minimum atomic E-state index is -3.77. The summed E-state index contributed by atoms with van der Waals surface area (Å²) in [5.41, 5.74) is 0.618. The van der Waals surface area contributed by atoms with Crippen LogP contribution in [0.4, 0.5) is 0 Å². The molecule has 0 radical (unpaired) electrons. The maximum Gasteiger partial charge on any atom is 0.308 e. The van der Waals surface area contributed by atoms with Crippen molar-refractivity contribution in [3.8, 4) is 0 Å². The second kappa shape index (κ2) is 5.82. The van der Waals surface area contributed by atoms with Crippen LogP contribution in [0, 0.1) is 5.92 Å². The second-order valence-electron chi connectivity index (χ2n) is 5.41. The van der Waals surface area contributed by atoms with Crippen molar-refractivity contribution >= 4 is 39.0 Å². The monoisotopic (exact) mass is 370 g/mol. The van der Waals surface area contributed by atoms with Gasteiger partial charge in [0.1, 0.15) is 0 Å². The van der Waals surface area contributed by atoms with E-state index in [1.54, 1.807) is 24.3 Å². The first kappa shape index (κ1) is 16.3. The highest BCUT2D eigenvalue weighted by molar-refractivity contribution is 7.92. The summed E-state index contributed by atoms with van der Waals surface area (Å²) in [7, 11) is -3.77. The fourth-order valence-corrected chi connectivity index (χ4v) is 5.30. The molecule has 0 aliphatic heterocycles. The van der Waals surface area contributed by atoms with Crippen molar-refractivity contribution < 1.29 is 18.3 Å². The lowest BCUT2D eigenvalue weighted by molar-refractivity contribution is -0.138. The Hall–Kier alpha value is -1.56. The first-order valence-corrected chi connectivity index (χ1v) is 9.10. The van der Waals surface area contributed by atoms with Gasteiger partial charge in [0.05, 0.1) is 16.1 Å². The SMILES string of the molecule is O=C(O)[C@H]1[C@H](c2cccc(Cl)c2)[C@@H]1S(=O)(=O)c1ccc(Cl)cc1. The third-order valence-corrected chi connectivity index (χ3v) is 6.69. The first-order valence-electron chi connectivity index (χ1n) is 6.80. The van der Waals surface area contributed by atoms with Crippen LogP contribution in [-0.4, -0.2) is 24.7 Å². The third kappa shape index (κ3) is 2.96. The van der Waals surface area contributed by atoms with Crippen molar-refractivity contribution in [2.75, 3.05) is 0 Å². The van der Waals surface area contributed by atoms with Crippen LogP contribution in [0.15, 0.2) is 53.4 Å². The predicted octanol–water partition coefficient (Wildman–Crippen LogP) is 3.63. The van der Waals surface area contributed by atoms with Crippen LogP contribution < -0.4 is 0 Å². The van der Waals surface area contributed by atoms with Gasteiger partial charge in [0.15, 0.2) is 9.84 Å². The number of sulfone groups is 1. The summed E-state index contributed by atoms with van der Waals surface area (Å²) in [4.78, 5) is 11.5. The predicted molar refractivity (Wildman–Crippen MR) is 87.7 cm³/mol. The number of carbonyl (C=O) groups is 1. The summed E-state index contributed by atoms with van der Waals surface area (Å²) in [6.45, 7) is 0. The molecule has 7 heteroatoms. The molecular weight excluding hydrogens is 359 g/mol. The van der Waals surface area contributed by atoms with E-state index in [9.17, 15) is 18.3 Å². The molecule has 1 aliphatic rings. The average molecular weight is 371 g/mol. The van der Waals surface area contributed by atoms with Crippen LogP contribution in [0.2, 0.25) is 10.0 Å². The quantitative estimate of drug-likeness (QED) is 0.891. The molecule has 3 atom stereocenters. The Balaban J connectivity index is 2.00. The molecule has 23 heavy (non-hydrogen) atoms. The highest BCUT2D eigenvalue weighted by atomic mass is 35.5. The van der Waals surface area contributed by atoms with E-state index in [0.29, 0.717) is 15.6 Å². The van der Waals surface area contributed by atoms with E-state index in [-0.39, 0.29) is 4.90 Å². The summed E-state index contributed by atoms with van der Waals surface area (Å²) < 4.78 is 25.5. The fraction of sp³-hybridized carbons (Fsp3) is 0.188. The highest BCUT2D eigenvalue weighted by Gasteiger charge is 2.63. The van der Waals surface area contributed by atoms with Gasteiger partial charge in [0.25, 0.3) is 0 Å². The van der Waals surface area contributed by atoms with E-state index in [1.807, 2.05) is 0 Å². The van der Waals surface area contributed by atoms with Crippen LogP contribution in [0.5, 0.6) is 0 Å². The summed E-state index contributed by atoms with van der Waals surface area (Å²) in [5, 5.41) is 9.22. The molecule has 1 fully saturated rings. The number of aliphatic carboxylic acids is 1. The van der Waals surface area contributed by atoms with Gasteiger partial charge >= 0.3 is 5.97 Å². The molecular formula is C16H12Cl2O4S. The van der Waals surface area contributed by atoms with Gasteiger partial charge in [0.2, 0.25) is 0 Å². The van der Waals surface area contributed by atoms with Gasteiger partial charge in [-0.2, -0.15) is 0 Å². The minimum Gasteiger partial charge on any atom is -0.481 e. The molecule has 0 saturated heterocycles. The van der Waals surface area contributed by atoms with Crippen molar-refractivity contribution in [3.05, 3.63) is 64.1 Å². The smallest absolute Gasteiger partial charge is 0.308 e. The lowest BCUT2D eigenvalue weighted by Gasteiger charge is -2.04. The van der Waals surface area contributed by atoms with Gasteiger partial charge in [-0.25, -0.2) is 8.42 Å². The van der Waals surface area contributed by atoms with E-state index >= 15 is 0 Å². The highest BCUT2D eigenvalue weighted by Crippen LogP contribution is 2.54. The molecule has 1 N–H and O–H groups in total. The van der Waals surface area contributed by atoms with Gasteiger partial charge < -0.3 is 5.11 Å². The zero-order chi connectivity index (χ0) is 16.8. The van der Waals surface area contributed by atoms with Gasteiger partial charge in [-0.3, -0.25) is 4.79 Å². The Labute approximate surface area is 143 Å². The number of benzene rings is 2. The van der Waals surface area contributed by atoms with Crippen LogP contribution in [0.1, 0.15) is 11.5 Å². The Morgan fingerprint density at radius 3 is 2.22 bits per heavy atom. The molecule has 0 bridgehead atoms. The van der Waals surface area contributed by atoms with Crippen LogP contribution in [0.3, 0.4) is 0 Å². The Morgan fingerprint density at radius 2 is 1.65 bits per heavy atom. The van der Waals surface area contributed by atoms with Gasteiger partial charge in [-0.05, 0) is 42.0 Å². The molecule has 0 unspecified atom stereocenters. The molecule has 0 amide bonds. The summed E-state index contributed by atoms with van der Waals surface area (Å²) in [5.74, 6) is -2.71. The molecule has 120 valence electrons. The number of rotatable bonds is 4. The van der Waals surface area contributed by atoms with E-state index in [2.05, 4.69) is 0 Å². The lowest BCUT2D eigenvalue weighted by atomic mass is 10.1. The zero-order valence-corrected chi connectivity index (χ0v) is 14.0. The van der Waals surface area contributed by atoms with Gasteiger partial charge in [-0.1, -0.05) is 35.3 Å². The van der Waals surface area contributed by atoms with E-state index in [4.69, 9.17) is 23.2 Å². The summed E-state index contributed by atoms with van der Waals surface area (Å²) in [6.07, 6.45) is 0. The zero-order valence-electron chi connectivity index (χ0n) is 11.7. The summed E-state index contributed by atoms with van der Waals surface area (Å²) in [6, 6.07) is 12.4. The minimum absolute atomic E-state index is 0.0719. The van der Waals surface area contributed by atoms with Gasteiger partial charge in [-0.15, -0.1) is 0 Å². The molecule has 3 rings (SSSR count). The van der Waals surface area contributed by atoms with Crippen LogP contribution >= 0.6 is 23.2 Å². The van der Waals surface area contributed by atoms with E-state index in [0.717, 1.165) is 0 Å². The molecule has 2 aromatic rings. The molecule has 0 heterocycles. The van der Waals surface area contributed by atoms with Crippen LogP contribution in [0.25, 0.3) is 0 Å². The second-order valence-corrected chi connectivity index (χ2v) is 8.39. The fourth-order valence-electron chi connectivity index (χ4n) is 2.86. The average Bonchev–Trinajstić information content (AvgIpc) is 3.24. The maximum atomic E-state index is 12.7. The number of hydrogen-bond acceptors (Lipinski definition) is 3. The Morgan fingerprint density at radius 1 is 1.00 bits per heavy atom. The Bertz CT molecular complexity index is 862. The van der Waals surface area contributed by atoms with Crippen molar-refractivity contribution in [2.24, 2.45) is 5.92 Å². The van der Waals surface area contributed by atoms with Crippen molar-refractivity contribution in [1.29, 1.82) is 0 Å². The number of carboxylic acid groups (broad SMARTS) is 1. The molecule has 2 aromatic carbocycles. The van der Waals surface area contributed by atoms with E-state index < -0.39 is 32.9 Å². The number of carboxylic acids is 1. The molecule has 4 nitrogen and oxygen atoms in total. The Kier molecular flexibility index (Phi) is 4.12. The lowest BCUT2D eigenvalue weighted by Crippen LogP contribution is -2.13. The largest absolute Gasteiger partial charge is 0.481 e. The topological polar surface area (TPSA) is 71.4 Å². The molecule has 1 aliphatic carbocycles. The molecule has 0 aromatic heterocycles. The maximum absolute atomic E-state index is 12.7. The standard InChI is InChI=1S/C16H12Cl2O4S/c17-10-4-6-12(7-5-10)23(21,22)15-13(14(15)16(19)20)9-2-1-3-11(18)8-9/h1-8,13-15H,(H,19,20)/t13-,14-,15-/m0/s1. The van der Waals surface area contributed by atoms with Crippen molar-refractivity contribution in [1.82, 2.24) is 0 Å². The van der Waals surface area contributed by atoms with Crippen LogP contribution in [-0.2, 0) is 14.6 Å². The number of hydrogen-bond donors (Lipinski definition) is 1. The van der Waals surface area contributed by atoms with Crippen molar-refractivity contribution in [3.63, 3.8) is 0 Å². The van der Waals surface area contributed by atoms with E-state index in [1.165, 1.54) is 24.3 Å². The number of halogens is 2.